The lowest BCUT2D eigenvalue weighted by Gasteiger charge is -2.40. The van der Waals surface area contributed by atoms with Crippen molar-refractivity contribution < 1.29 is 19.8 Å². The smallest absolute Gasteiger partial charge is 0.320 e. The number of hydrogen-bond acceptors (Lipinski definition) is 3. The first-order chi connectivity index (χ1) is 9.13. The van der Waals surface area contributed by atoms with E-state index < -0.39 is 11.9 Å². The van der Waals surface area contributed by atoms with Crippen LogP contribution in [-0.2, 0) is 4.79 Å². The standard InChI is InChI=1S/C13H22N2O4/c16-9-11-5-1-2-7-15(11)13(19)14-6-3-4-10(8-14)12(17)18/h10-11,16H,1-9H2,(H,17,18). The third-order valence-electron chi connectivity index (χ3n) is 4.12. The molecule has 0 aliphatic carbocycles. The molecule has 2 atom stereocenters. The van der Waals surface area contributed by atoms with Crippen LogP contribution >= 0.6 is 0 Å². The van der Waals surface area contributed by atoms with Gasteiger partial charge in [-0.25, -0.2) is 4.79 Å². The minimum atomic E-state index is -0.824. The summed E-state index contributed by atoms with van der Waals surface area (Å²) in [5.74, 6) is -1.27. The molecule has 0 bridgehead atoms. The first-order valence-electron chi connectivity index (χ1n) is 7.02. The molecule has 0 radical (unpaired) electrons. The summed E-state index contributed by atoms with van der Waals surface area (Å²) in [5, 5.41) is 18.4. The van der Waals surface area contributed by atoms with E-state index in [0.29, 0.717) is 26.1 Å². The molecule has 6 heteroatoms. The van der Waals surface area contributed by atoms with Crippen LogP contribution in [-0.4, -0.2) is 64.3 Å². The van der Waals surface area contributed by atoms with Crippen molar-refractivity contribution >= 4 is 12.0 Å². The average molecular weight is 270 g/mol. The van der Waals surface area contributed by atoms with Crippen molar-refractivity contribution in [3.63, 3.8) is 0 Å². The molecule has 2 fully saturated rings. The van der Waals surface area contributed by atoms with E-state index >= 15 is 0 Å². The van der Waals surface area contributed by atoms with Gasteiger partial charge in [0.25, 0.3) is 0 Å². The van der Waals surface area contributed by atoms with Gasteiger partial charge in [0.1, 0.15) is 0 Å². The maximum absolute atomic E-state index is 12.4. The van der Waals surface area contributed by atoms with Crippen molar-refractivity contribution in [1.82, 2.24) is 9.80 Å². The number of aliphatic hydroxyl groups excluding tert-OH is 1. The van der Waals surface area contributed by atoms with Crippen molar-refractivity contribution in [3.05, 3.63) is 0 Å². The largest absolute Gasteiger partial charge is 0.481 e. The fourth-order valence-corrected chi connectivity index (χ4v) is 2.98. The highest BCUT2D eigenvalue weighted by Gasteiger charge is 2.33. The summed E-state index contributed by atoms with van der Waals surface area (Å²) in [7, 11) is 0. The highest BCUT2D eigenvalue weighted by Crippen LogP contribution is 2.22. The molecular weight excluding hydrogens is 248 g/mol. The van der Waals surface area contributed by atoms with Gasteiger partial charge in [-0.15, -0.1) is 0 Å². The van der Waals surface area contributed by atoms with Gasteiger partial charge in [0.05, 0.1) is 18.6 Å². The molecule has 2 amide bonds. The molecule has 0 saturated carbocycles. The molecule has 2 saturated heterocycles. The van der Waals surface area contributed by atoms with Gasteiger partial charge >= 0.3 is 12.0 Å². The average Bonchev–Trinajstić information content (AvgIpc) is 2.46. The summed E-state index contributed by atoms with van der Waals surface area (Å²) in [6.07, 6.45) is 4.20. The lowest BCUT2D eigenvalue weighted by atomic mass is 9.98. The summed E-state index contributed by atoms with van der Waals surface area (Å²) in [6, 6.07) is -0.212. The molecule has 2 unspecified atom stereocenters. The van der Waals surface area contributed by atoms with Crippen LogP contribution in [0.1, 0.15) is 32.1 Å². The van der Waals surface area contributed by atoms with Gasteiger partial charge in [-0.3, -0.25) is 4.79 Å². The van der Waals surface area contributed by atoms with Crippen LogP contribution in [0, 0.1) is 5.92 Å². The lowest BCUT2D eigenvalue weighted by Crippen LogP contribution is -2.54. The minimum absolute atomic E-state index is 0.0120. The van der Waals surface area contributed by atoms with Crippen LogP contribution in [0.3, 0.4) is 0 Å². The number of piperidine rings is 2. The molecule has 0 aromatic rings. The van der Waals surface area contributed by atoms with Gasteiger partial charge in [-0.05, 0) is 32.1 Å². The van der Waals surface area contributed by atoms with Gasteiger partial charge in [0.2, 0.25) is 0 Å². The van der Waals surface area contributed by atoms with Crippen LogP contribution in [0.5, 0.6) is 0 Å². The summed E-state index contributed by atoms with van der Waals surface area (Å²) >= 11 is 0. The fraction of sp³-hybridized carbons (Fsp3) is 0.846. The Kier molecular flexibility index (Phi) is 4.63. The number of carbonyl (C=O) groups is 2. The number of carbonyl (C=O) groups excluding carboxylic acids is 1. The highest BCUT2D eigenvalue weighted by molar-refractivity contribution is 5.77. The Morgan fingerprint density at radius 3 is 2.58 bits per heavy atom. The van der Waals surface area contributed by atoms with Gasteiger partial charge in [-0.2, -0.15) is 0 Å². The maximum atomic E-state index is 12.4. The SMILES string of the molecule is O=C(O)C1CCCN(C(=O)N2CCCCC2CO)C1. The van der Waals surface area contributed by atoms with E-state index in [1.165, 1.54) is 0 Å². The topological polar surface area (TPSA) is 81.1 Å². The van der Waals surface area contributed by atoms with E-state index in [-0.39, 0.29) is 18.7 Å². The van der Waals surface area contributed by atoms with E-state index in [9.17, 15) is 14.7 Å². The number of aliphatic hydroxyl groups is 1. The van der Waals surface area contributed by atoms with Crippen LogP contribution in [0.15, 0.2) is 0 Å². The zero-order valence-electron chi connectivity index (χ0n) is 11.1. The predicted octanol–water partition coefficient (Wildman–Crippen LogP) is 0.750. The second-order valence-corrected chi connectivity index (χ2v) is 5.43. The second kappa shape index (κ2) is 6.23. The van der Waals surface area contributed by atoms with E-state index in [1.54, 1.807) is 9.80 Å². The zero-order chi connectivity index (χ0) is 13.8. The Labute approximate surface area is 113 Å². The van der Waals surface area contributed by atoms with Crippen molar-refractivity contribution in [3.8, 4) is 0 Å². The Balaban J connectivity index is 1.99. The van der Waals surface area contributed by atoms with Gasteiger partial charge in [0.15, 0.2) is 0 Å². The summed E-state index contributed by atoms with van der Waals surface area (Å²) in [6.45, 7) is 1.57. The van der Waals surface area contributed by atoms with E-state index in [1.807, 2.05) is 0 Å². The molecule has 2 aliphatic heterocycles. The second-order valence-electron chi connectivity index (χ2n) is 5.43. The van der Waals surface area contributed by atoms with Crippen molar-refractivity contribution in [2.45, 2.75) is 38.1 Å². The van der Waals surface area contributed by atoms with Crippen LogP contribution in [0.25, 0.3) is 0 Å². The van der Waals surface area contributed by atoms with E-state index in [4.69, 9.17) is 5.11 Å². The van der Waals surface area contributed by atoms with Crippen LogP contribution in [0.2, 0.25) is 0 Å². The molecule has 6 nitrogen and oxygen atoms in total. The highest BCUT2D eigenvalue weighted by atomic mass is 16.4. The number of nitrogens with zero attached hydrogens (tertiary/aromatic N) is 2. The first kappa shape index (κ1) is 14.1. The van der Waals surface area contributed by atoms with Crippen molar-refractivity contribution in [1.29, 1.82) is 0 Å². The quantitative estimate of drug-likeness (QED) is 0.776. The number of aliphatic carboxylic acids is 1. The number of likely N-dealkylation sites (tertiary alicyclic amines) is 2. The molecule has 19 heavy (non-hydrogen) atoms. The van der Waals surface area contributed by atoms with Gasteiger partial charge in [0, 0.05) is 19.6 Å². The summed E-state index contributed by atoms with van der Waals surface area (Å²) < 4.78 is 0. The molecule has 0 aromatic carbocycles. The molecular formula is C13H22N2O4. The van der Waals surface area contributed by atoms with Gasteiger partial charge < -0.3 is 20.0 Å². The molecule has 108 valence electrons. The number of urea groups is 1. The third kappa shape index (κ3) is 3.18. The molecule has 0 spiro atoms. The fourth-order valence-electron chi connectivity index (χ4n) is 2.98. The molecule has 2 heterocycles. The normalized spacial score (nSPS) is 28.3. The summed E-state index contributed by atoms with van der Waals surface area (Å²) in [4.78, 5) is 26.8. The molecule has 0 aromatic heterocycles. The Morgan fingerprint density at radius 1 is 1.11 bits per heavy atom. The van der Waals surface area contributed by atoms with E-state index in [2.05, 4.69) is 0 Å². The Bertz CT molecular complexity index is 348. The maximum Gasteiger partial charge on any atom is 0.320 e. The van der Waals surface area contributed by atoms with Crippen molar-refractivity contribution in [2.24, 2.45) is 5.92 Å². The first-order valence-corrected chi connectivity index (χ1v) is 7.02. The summed E-state index contributed by atoms with van der Waals surface area (Å²) in [5.41, 5.74) is 0. The van der Waals surface area contributed by atoms with Crippen LogP contribution < -0.4 is 0 Å². The van der Waals surface area contributed by atoms with E-state index in [0.717, 1.165) is 25.7 Å². The number of carboxylic acids is 1. The monoisotopic (exact) mass is 270 g/mol. The molecule has 2 aliphatic rings. The third-order valence-corrected chi connectivity index (χ3v) is 4.12. The Morgan fingerprint density at radius 2 is 1.89 bits per heavy atom. The number of hydrogen-bond donors (Lipinski definition) is 2. The molecule has 2 N–H and O–H groups in total. The van der Waals surface area contributed by atoms with Crippen LogP contribution in [0.4, 0.5) is 4.79 Å². The Hall–Kier alpha value is -1.30. The number of amides is 2. The minimum Gasteiger partial charge on any atom is -0.481 e. The molecule has 2 rings (SSSR count). The van der Waals surface area contributed by atoms with Gasteiger partial charge in [-0.1, -0.05) is 0 Å². The number of rotatable bonds is 2. The lowest BCUT2D eigenvalue weighted by molar-refractivity contribution is -0.143. The number of carboxylic acid groups (broad SMARTS) is 1. The predicted molar refractivity (Wildman–Crippen MR) is 68.8 cm³/mol. The zero-order valence-corrected chi connectivity index (χ0v) is 11.1. The van der Waals surface area contributed by atoms with Crippen molar-refractivity contribution in [2.75, 3.05) is 26.2 Å².